The van der Waals surface area contributed by atoms with Gasteiger partial charge in [0.05, 0.1) is 26.7 Å². The Morgan fingerprint density at radius 3 is 2.48 bits per heavy atom. The molecule has 21 heavy (non-hydrogen) atoms. The largest absolute Gasteiger partial charge is 0.270 e. The molecule has 2 atom stereocenters. The Morgan fingerprint density at radius 2 is 1.90 bits per heavy atom. The summed E-state index contributed by atoms with van der Waals surface area (Å²) in [5.41, 5.74) is 1.76. The van der Waals surface area contributed by atoms with Gasteiger partial charge in [-0.25, -0.2) is 0 Å². The molecule has 0 unspecified atom stereocenters. The molecule has 1 aromatic carbocycles. The van der Waals surface area contributed by atoms with Crippen molar-refractivity contribution in [2.75, 3.05) is 0 Å². The molecule has 0 amide bonds. The average molecular weight is 345 g/mol. The monoisotopic (exact) mass is 344 g/mol. The van der Waals surface area contributed by atoms with Gasteiger partial charge in [-0.15, -0.1) is 0 Å². The van der Waals surface area contributed by atoms with Gasteiger partial charge in [0, 0.05) is 23.0 Å². The summed E-state index contributed by atoms with van der Waals surface area (Å²) >= 11 is 11.9. The lowest BCUT2D eigenvalue weighted by Gasteiger charge is -2.12. The summed E-state index contributed by atoms with van der Waals surface area (Å²) in [6, 6.07) is 7.60. The molecule has 0 aliphatic heterocycles. The van der Waals surface area contributed by atoms with Crippen LogP contribution in [0.4, 0.5) is 0 Å². The Bertz CT molecular complexity index is 655. The van der Waals surface area contributed by atoms with Crippen molar-refractivity contribution in [1.82, 2.24) is 9.78 Å². The van der Waals surface area contributed by atoms with E-state index in [0.29, 0.717) is 21.8 Å². The second-order valence-electron chi connectivity index (χ2n) is 5.22. The SMILES string of the molecule is CC(C)n1ccc(C[S@@](=O)[C@@H](C)c2ccc(Cl)c(Cl)c2)n1. The van der Waals surface area contributed by atoms with Crippen LogP contribution in [0.3, 0.4) is 0 Å². The molecule has 0 radical (unpaired) electrons. The Balaban J connectivity index is 2.09. The van der Waals surface area contributed by atoms with E-state index in [2.05, 4.69) is 18.9 Å². The van der Waals surface area contributed by atoms with Crippen LogP contribution in [0.25, 0.3) is 0 Å². The second kappa shape index (κ2) is 6.95. The van der Waals surface area contributed by atoms with Crippen LogP contribution >= 0.6 is 23.2 Å². The molecule has 1 aromatic heterocycles. The van der Waals surface area contributed by atoms with Crippen LogP contribution in [0.1, 0.15) is 43.3 Å². The lowest BCUT2D eigenvalue weighted by Crippen LogP contribution is -2.07. The molecule has 0 aliphatic carbocycles. The highest BCUT2D eigenvalue weighted by molar-refractivity contribution is 7.84. The number of halogens is 2. The summed E-state index contributed by atoms with van der Waals surface area (Å²) in [5, 5.41) is 5.31. The summed E-state index contributed by atoms with van der Waals surface area (Å²) < 4.78 is 14.3. The van der Waals surface area contributed by atoms with Crippen LogP contribution in [0.2, 0.25) is 10.0 Å². The molecule has 2 rings (SSSR count). The van der Waals surface area contributed by atoms with Crippen molar-refractivity contribution >= 4 is 34.0 Å². The number of rotatable bonds is 5. The molecule has 0 saturated heterocycles. The molecule has 2 aromatic rings. The third kappa shape index (κ3) is 4.09. The number of nitrogens with zero attached hydrogens (tertiary/aromatic N) is 2. The van der Waals surface area contributed by atoms with Crippen molar-refractivity contribution in [2.24, 2.45) is 0 Å². The smallest absolute Gasteiger partial charge is 0.0749 e. The Hall–Kier alpha value is -0.840. The first-order valence-electron chi connectivity index (χ1n) is 6.74. The molecule has 114 valence electrons. The van der Waals surface area contributed by atoms with Gasteiger partial charge in [-0.2, -0.15) is 5.10 Å². The van der Waals surface area contributed by atoms with Gasteiger partial charge in [0.2, 0.25) is 0 Å². The summed E-state index contributed by atoms with van der Waals surface area (Å²) in [6.45, 7) is 6.05. The van der Waals surface area contributed by atoms with Crippen LogP contribution < -0.4 is 0 Å². The minimum atomic E-state index is -1.06. The van der Waals surface area contributed by atoms with E-state index in [1.807, 2.05) is 29.9 Å². The van der Waals surface area contributed by atoms with E-state index in [1.54, 1.807) is 12.1 Å². The van der Waals surface area contributed by atoms with E-state index in [-0.39, 0.29) is 5.25 Å². The van der Waals surface area contributed by atoms with Gasteiger partial charge in [0.25, 0.3) is 0 Å². The fraction of sp³-hybridized carbons (Fsp3) is 0.400. The first-order chi connectivity index (χ1) is 9.88. The number of benzene rings is 1. The Labute approximate surface area is 137 Å². The quantitative estimate of drug-likeness (QED) is 0.782. The highest BCUT2D eigenvalue weighted by atomic mass is 35.5. The van der Waals surface area contributed by atoms with E-state index < -0.39 is 10.8 Å². The fourth-order valence-corrected chi connectivity index (χ4v) is 3.38. The molecule has 6 heteroatoms. The van der Waals surface area contributed by atoms with Gasteiger partial charge in [-0.3, -0.25) is 8.89 Å². The van der Waals surface area contributed by atoms with Crippen molar-refractivity contribution in [3.05, 3.63) is 51.8 Å². The molecule has 0 N–H and O–H groups in total. The molecule has 0 saturated carbocycles. The summed E-state index contributed by atoms with van der Waals surface area (Å²) in [6.07, 6.45) is 1.92. The topological polar surface area (TPSA) is 34.9 Å². The Morgan fingerprint density at radius 1 is 1.19 bits per heavy atom. The molecule has 0 aliphatic rings. The minimum Gasteiger partial charge on any atom is -0.270 e. The van der Waals surface area contributed by atoms with Gasteiger partial charge in [-0.05, 0) is 44.5 Å². The van der Waals surface area contributed by atoms with Crippen molar-refractivity contribution in [1.29, 1.82) is 0 Å². The van der Waals surface area contributed by atoms with E-state index in [1.165, 1.54) is 0 Å². The van der Waals surface area contributed by atoms with Crippen molar-refractivity contribution in [2.45, 2.75) is 37.8 Å². The Kier molecular flexibility index (Phi) is 5.47. The highest BCUT2D eigenvalue weighted by Gasteiger charge is 2.16. The van der Waals surface area contributed by atoms with Crippen molar-refractivity contribution in [3.63, 3.8) is 0 Å². The highest BCUT2D eigenvalue weighted by Crippen LogP contribution is 2.28. The van der Waals surface area contributed by atoms with E-state index in [0.717, 1.165) is 11.3 Å². The third-order valence-corrected chi connectivity index (χ3v) is 5.67. The zero-order chi connectivity index (χ0) is 15.6. The second-order valence-corrected chi connectivity index (χ2v) is 7.79. The zero-order valence-corrected chi connectivity index (χ0v) is 14.5. The molecule has 0 spiro atoms. The molecular weight excluding hydrogens is 327 g/mol. The molecular formula is C15H18Cl2N2OS. The molecule has 1 heterocycles. The van der Waals surface area contributed by atoms with Crippen LogP contribution in [0.5, 0.6) is 0 Å². The standard InChI is InChI=1S/C15H18Cl2N2OS/c1-10(2)19-7-6-13(18-19)9-21(20)11(3)12-4-5-14(16)15(17)8-12/h4-8,10-11H,9H2,1-3H3/t11-,21+/m0/s1. The van der Waals surface area contributed by atoms with Crippen LogP contribution in [-0.4, -0.2) is 14.0 Å². The van der Waals surface area contributed by atoms with E-state index in [4.69, 9.17) is 23.2 Å². The molecule has 0 fully saturated rings. The van der Waals surface area contributed by atoms with Crippen molar-refractivity contribution in [3.8, 4) is 0 Å². The number of hydrogen-bond acceptors (Lipinski definition) is 2. The normalized spacial score (nSPS) is 14.4. The molecule has 3 nitrogen and oxygen atoms in total. The summed E-state index contributed by atoms with van der Waals surface area (Å²) in [7, 11) is -1.06. The number of hydrogen-bond donors (Lipinski definition) is 0. The lowest BCUT2D eigenvalue weighted by atomic mass is 10.2. The zero-order valence-electron chi connectivity index (χ0n) is 12.2. The minimum absolute atomic E-state index is 0.121. The maximum Gasteiger partial charge on any atom is 0.0749 e. The predicted molar refractivity (Wildman–Crippen MR) is 89.3 cm³/mol. The van der Waals surface area contributed by atoms with E-state index >= 15 is 0 Å². The van der Waals surface area contributed by atoms with Crippen LogP contribution in [-0.2, 0) is 16.6 Å². The maximum absolute atomic E-state index is 12.5. The van der Waals surface area contributed by atoms with Gasteiger partial charge < -0.3 is 0 Å². The van der Waals surface area contributed by atoms with Gasteiger partial charge in [0.1, 0.15) is 0 Å². The third-order valence-electron chi connectivity index (χ3n) is 3.29. The van der Waals surface area contributed by atoms with Gasteiger partial charge >= 0.3 is 0 Å². The maximum atomic E-state index is 12.5. The van der Waals surface area contributed by atoms with Crippen molar-refractivity contribution < 1.29 is 4.21 Å². The lowest BCUT2D eigenvalue weighted by molar-refractivity contribution is 0.528. The average Bonchev–Trinajstić information content (AvgIpc) is 2.89. The van der Waals surface area contributed by atoms with E-state index in [9.17, 15) is 4.21 Å². The van der Waals surface area contributed by atoms with Crippen LogP contribution in [0, 0.1) is 0 Å². The first kappa shape index (κ1) is 16.5. The summed E-state index contributed by atoms with van der Waals surface area (Å²) in [5.74, 6) is 0.432. The summed E-state index contributed by atoms with van der Waals surface area (Å²) in [4.78, 5) is 0. The van der Waals surface area contributed by atoms with Gasteiger partial charge in [0.15, 0.2) is 0 Å². The predicted octanol–water partition coefficient (Wildman–Crippen LogP) is 4.78. The van der Waals surface area contributed by atoms with Crippen LogP contribution in [0.15, 0.2) is 30.5 Å². The van der Waals surface area contributed by atoms with Gasteiger partial charge in [-0.1, -0.05) is 29.3 Å². The first-order valence-corrected chi connectivity index (χ1v) is 8.88. The number of aromatic nitrogens is 2. The molecule has 0 bridgehead atoms. The fourth-order valence-electron chi connectivity index (χ4n) is 1.93.